The number of rotatable bonds is 6. The Kier molecular flexibility index (Phi) is 5.36. The average Bonchev–Trinajstić information content (AvgIpc) is 3.03. The van der Waals surface area contributed by atoms with E-state index in [0.717, 1.165) is 17.0 Å². The Morgan fingerprint density at radius 1 is 1.06 bits per heavy atom. The molecule has 31 heavy (non-hydrogen) atoms. The molecule has 0 aliphatic rings. The lowest BCUT2D eigenvalue weighted by molar-refractivity contribution is 0.100. The van der Waals surface area contributed by atoms with Crippen molar-refractivity contribution in [1.29, 1.82) is 0 Å². The number of nitrogens with two attached hydrogens (primary N) is 1. The van der Waals surface area contributed by atoms with Gasteiger partial charge in [-0.3, -0.25) is 4.79 Å². The van der Waals surface area contributed by atoms with Crippen LogP contribution in [0.5, 0.6) is 11.6 Å². The predicted octanol–water partition coefficient (Wildman–Crippen LogP) is 4.22. The average molecular weight is 414 g/mol. The maximum Gasteiger partial charge on any atom is 0.248 e. The number of carbonyl (C=O) groups excluding carboxylic acids is 1. The van der Waals surface area contributed by atoms with Crippen molar-refractivity contribution in [2.24, 2.45) is 5.73 Å². The molecular formula is C23H22N6O2. The summed E-state index contributed by atoms with van der Waals surface area (Å²) >= 11 is 0. The topological polar surface area (TPSA) is 108 Å². The van der Waals surface area contributed by atoms with E-state index in [-0.39, 0.29) is 0 Å². The fourth-order valence-electron chi connectivity index (χ4n) is 3.06. The second-order valence-corrected chi connectivity index (χ2v) is 7.11. The number of benzene rings is 1. The maximum absolute atomic E-state index is 11.4. The van der Waals surface area contributed by atoms with Crippen LogP contribution in [0.15, 0.2) is 60.8 Å². The molecule has 8 heteroatoms. The highest BCUT2D eigenvalue weighted by molar-refractivity contribution is 5.93. The molecule has 0 radical (unpaired) electrons. The van der Waals surface area contributed by atoms with Crippen molar-refractivity contribution < 1.29 is 9.53 Å². The predicted molar refractivity (Wildman–Crippen MR) is 118 cm³/mol. The van der Waals surface area contributed by atoms with Crippen LogP contribution >= 0.6 is 0 Å². The van der Waals surface area contributed by atoms with E-state index in [4.69, 9.17) is 10.5 Å². The third-order valence-corrected chi connectivity index (χ3v) is 4.76. The van der Waals surface area contributed by atoms with E-state index in [1.807, 2.05) is 45.0 Å². The molecule has 0 atom stereocenters. The molecule has 0 bridgehead atoms. The van der Waals surface area contributed by atoms with E-state index < -0.39 is 5.91 Å². The summed E-state index contributed by atoms with van der Waals surface area (Å²) in [7, 11) is 0. The zero-order chi connectivity index (χ0) is 22.0. The lowest BCUT2D eigenvalue weighted by Crippen LogP contribution is -2.10. The van der Waals surface area contributed by atoms with Crippen LogP contribution in [0.4, 0.5) is 11.5 Å². The molecule has 0 spiro atoms. The van der Waals surface area contributed by atoms with Gasteiger partial charge in [0.25, 0.3) is 0 Å². The summed E-state index contributed by atoms with van der Waals surface area (Å²) in [5.74, 6) is 1.93. The van der Waals surface area contributed by atoms with E-state index in [0.29, 0.717) is 34.5 Å². The first-order valence-electron chi connectivity index (χ1n) is 9.72. The minimum Gasteiger partial charge on any atom is -0.438 e. The van der Waals surface area contributed by atoms with Crippen molar-refractivity contribution in [3.8, 4) is 17.4 Å². The van der Waals surface area contributed by atoms with Gasteiger partial charge in [0.1, 0.15) is 11.6 Å². The van der Waals surface area contributed by atoms with Gasteiger partial charge in [-0.05, 0) is 57.2 Å². The number of primary amides is 1. The Morgan fingerprint density at radius 2 is 1.87 bits per heavy atom. The summed E-state index contributed by atoms with van der Waals surface area (Å²) < 4.78 is 7.90. The van der Waals surface area contributed by atoms with E-state index in [1.165, 1.54) is 0 Å². The lowest BCUT2D eigenvalue weighted by atomic mass is 10.2. The molecule has 0 aliphatic carbocycles. The van der Waals surface area contributed by atoms with E-state index in [2.05, 4.69) is 20.4 Å². The van der Waals surface area contributed by atoms with Crippen LogP contribution in [0.3, 0.4) is 0 Å². The zero-order valence-electron chi connectivity index (χ0n) is 17.5. The van der Waals surface area contributed by atoms with E-state index in [1.54, 1.807) is 41.2 Å². The quantitative estimate of drug-likeness (QED) is 0.489. The second-order valence-electron chi connectivity index (χ2n) is 7.11. The summed E-state index contributed by atoms with van der Waals surface area (Å²) in [5.41, 5.74) is 9.14. The summed E-state index contributed by atoms with van der Waals surface area (Å²) in [5, 5.41) is 7.75. The van der Waals surface area contributed by atoms with Crippen LogP contribution in [0.1, 0.15) is 27.3 Å². The van der Waals surface area contributed by atoms with Crippen LogP contribution in [0, 0.1) is 20.8 Å². The number of hydrogen-bond acceptors (Lipinski definition) is 6. The maximum atomic E-state index is 11.4. The third-order valence-electron chi connectivity index (χ3n) is 4.76. The molecule has 0 aliphatic heterocycles. The molecule has 3 N–H and O–H groups in total. The molecule has 3 heterocycles. The van der Waals surface area contributed by atoms with Gasteiger partial charge in [0, 0.05) is 34.8 Å². The number of carbonyl (C=O) groups is 1. The van der Waals surface area contributed by atoms with Crippen LogP contribution in [0.25, 0.3) is 5.82 Å². The Hall–Kier alpha value is -4.20. The highest BCUT2D eigenvalue weighted by Crippen LogP contribution is 2.30. The van der Waals surface area contributed by atoms with Gasteiger partial charge < -0.3 is 15.8 Å². The van der Waals surface area contributed by atoms with Crippen LogP contribution < -0.4 is 15.8 Å². The van der Waals surface area contributed by atoms with Gasteiger partial charge in [0.2, 0.25) is 11.8 Å². The first kappa shape index (κ1) is 20.1. The number of nitrogens with zero attached hydrogens (tertiary/aromatic N) is 4. The van der Waals surface area contributed by atoms with Crippen LogP contribution in [-0.2, 0) is 0 Å². The van der Waals surface area contributed by atoms with Gasteiger partial charge in [-0.25, -0.2) is 9.97 Å². The standard InChI is InChI=1S/C23H22N6O2/c1-14-6-4-9-21(26-14)29-23(15(2)16(3)28-29)31-19-10-11-25-20(13-19)27-18-8-5-7-17(12-18)22(24)30/h4-13H,1-3H3,(H2,24,30)(H,25,27). The van der Waals surface area contributed by atoms with Gasteiger partial charge in [-0.1, -0.05) is 12.1 Å². The molecule has 0 saturated carbocycles. The largest absolute Gasteiger partial charge is 0.438 e. The molecule has 4 rings (SSSR count). The number of aryl methyl sites for hydroxylation is 2. The Balaban J connectivity index is 1.63. The number of pyridine rings is 2. The highest BCUT2D eigenvalue weighted by atomic mass is 16.5. The van der Waals surface area contributed by atoms with E-state index >= 15 is 0 Å². The molecule has 0 unspecified atom stereocenters. The first-order chi connectivity index (χ1) is 14.9. The number of ether oxygens (including phenoxy) is 1. The van der Waals surface area contributed by atoms with Crippen molar-refractivity contribution in [2.45, 2.75) is 20.8 Å². The number of aromatic nitrogens is 4. The minimum atomic E-state index is -0.488. The number of nitrogens with one attached hydrogen (secondary N) is 1. The smallest absolute Gasteiger partial charge is 0.248 e. The molecule has 8 nitrogen and oxygen atoms in total. The Morgan fingerprint density at radius 3 is 2.65 bits per heavy atom. The Labute approximate surface area is 179 Å². The third kappa shape index (κ3) is 4.37. The normalized spacial score (nSPS) is 10.7. The van der Waals surface area contributed by atoms with E-state index in [9.17, 15) is 4.79 Å². The van der Waals surface area contributed by atoms with Crippen LogP contribution in [-0.4, -0.2) is 25.7 Å². The second kappa shape index (κ2) is 8.27. The Bertz CT molecular complexity index is 1260. The van der Waals surface area contributed by atoms with Gasteiger partial charge >= 0.3 is 0 Å². The van der Waals surface area contributed by atoms with Gasteiger partial charge in [-0.15, -0.1) is 0 Å². The molecule has 0 saturated heterocycles. The number of amides is 1. The fraction of sp³-hybridized carbons (Fsp3) is 0.130. The molecule has 4 aromatic rings. The molecule has 3 aromatic heterocycles. The number of hydrogen-bond donors (Lipinski definition) is 2. The minimum absolute atomic E-state index is 0.415. The van der Waals surface area contributed by atoms with Gasteiger partial charge in [0.05, 0.1) is 5.69 Å². The van der Waals surface area contributed by atoms with Crippen molar-refractivity contribution in [2.75, 3.05) is 5.32 Å². The summed E-state index contributed by atoms with van der Waals surface area (Å²) in [6.07, 6.45) is 1.64. The molecule has 1 amide bonds. The molecule has 156 valence electrons. The summed E-state index contributed by atoms with van der Waals surface area (Å²) in [6, 6.07) is 16.2. The van der Waals surface area contributed by atoms with Gasteiger partial charge in [-0.2, -0.15) is 9.78 Å². The first-order valence-corrected chi connectivity index (χ1v) is 9.72. The summed E-state index contributed by atoms with van der Waals surface area (Å²) in [6.45, 7) is 5.82. The van der Waals surface area contributed by atoms with Crippen molar-refractivity contribution in [3.63, 3.8) is 0 Å². The van der Waals surface area contributed by atoms with Gasteiger partial charge in [0.15, 0.2) is 5.82 Å². The zero-order valence-corrected chi connectivity index (χ0v) is 17.5. The SMILES string of the molecule is Cc1cccc(-n2nc(C)c(C)c2Oc2ccnc(Nc3cccc(C(N)=O)c3)c2)n1. The summed E-state index contributed by atoms with van der Waals surface area (Å²) in [4.78, 5) is 20.3. The van der Waals surface area contributed by atoms with Crippen molar-refractivity contribution >= 4 is 17.4 Å². The lowest BCUT2D eigenvalue weighted by Gasteiger charge is -2.11. The van der Waals surface area contributed by atoms with Crippen molar-refractivity contribution in [3.05, 3.63) is 83.3 Å². The monoisotopic (exact) mass is 414 g/mol. The highest BCUT2D eigenvalue weighted by Gasteiger charge is 2.17. The fourth-order valence-corrected chi connectivity index (χ4v) is 3.06. The number of anilines is 2. The van der Waals surface area contributed by atoms with Crippen molar-refractivity contribution in [1.82, 2.24) is 19.7 Å². The molecule has 0 fully saturated rings. The molecular weight excluding hydrogens is 392 g/mol. The van der Waals surface area contributed by atoms with Crippen LogP contribution in [0.2, 0.25) is 0 Å². The molecule has 1 aromatic carbocycles.